The Morgan fingerprint density at radius 2 is 2.33 bits per heavy atom. The van der Waals surface area contributed by atoms with Crippen LogP contribution in [0, 0.1) is 11.8 Å². The van der Waals surface area contributed by atoms with E-state index in [1.165, 1.54) is 5.57 Å². The summed E-state index contributed by atoms with van der Waals surface area (Å²) in [7, 11) is 0. The lowest BCUT2D eigenvalue weighted by Crippen LogP contribution is -1.73. The Morgan fingerprint density at radius 1 is 1.67 bits per heavy atom. The van der Waals surface area contributed by atoms with E-state index in [1.807, 2.05) is 11.0 Å². The molecule has 0 aliphatic rings. The van der Waals surface area contributed by atoms with Crippen LogP contribution < -0.4 is 0 Å². The predicted octanol–water partition coefficient (Wildman–Crippen LogP) is 1.71. The highest BCUT2D eigenvalue weighted by Gasteiger charge is 1.79. The van der Waals surface area contributed by atoms with Crippen molar-refractivity contribution in [3.63, 3.8) is 0 Å². The molecule has 50 valence electrons. The minimum atomic E-state index is -0.0332. The van der Waals surface area contributed by atoms with Crippen molar-refractivity contribution < 1.29 is 5.11 Å². The van der Waals surface area contributed by atoms with Gasteiger partial charge >= 0.3 is 0 Å². The van der Waals surface area contributed by atoms with Gasteiger partial charge in [0.15, 0.2) is 0 Å². The molecule has 2 heteroatoms. The van der Waals surface area contributed by atoms with E-state index in [-0.39, 0.29) is 6.61 Å². The van der Waals surface area contributed by atoms with Gasteiger partial charge in [-0.3, -0.25) is 0 Å². The van der Waals surface area contributed by atoms with Crippen molar-refractivity contribution in [3.05, 3.63) is 9.66 Å². The maximum Gasteiger partial charge on any atom is 0.104 e. The number of rotatable bonds is 1. The molecule has 0 fully saturated rings. The van der Waals surface area contributed by atoms with Crippen LogP contribution in [0.2, 0.25) is 0 Å². The third kappa shape index (κ3) is 5.87. The molecule has 0 heterocycles. The third-order valence-electron chi connectivity index (χ3n) is 0.758. The van der Waals surface area contributed by atoms with E-state index in [0.717, 1.165) is 6.42 Å². The Hall–Kier alpha value is -0.0100. The topological polar surface area (TPSA) is 20.2 Å². The summed E-state index contributed by atoms with van der Waals surface area (Å²) in [6, 6.07) is 0. The Balaban J connectivity index is 3.50. The molecule has 0 radical (unpaired) electrons. The van der Waals surface area contributed by atoms with Gasteiger partial charge in [0.2, 0.25) is 0 Å². The molecule has 0 saturated heterocycles. The van der Waals surface area contributed by atoms with Crippen molar-refractivity contribution in [2.45, 2.75) is 13.3 Å². The lowest BCUT2D eigenvalue weighted by Gasteiger charge is -1.85. The van der Waals surface area contributed by atoms with Crippen molar-refractivity contribution in [2.75, 3.05) is 6.61 Å². The summed E-state index contributed by atoms with van der Waals surface area (Å²) in [6.45, 7) is 1.98. The molecule has 0 saturated carbocycles. The van der Waals surface area contributed by atoms with Crippen molar-refractivity contribution in [1.29, 1.82) is 0 Å². The van der Waals surface area contributed by atoms with Gasteiger partial charge in [-0.25, -0.2) is 0 Å². The molecule has 0 aromatic heterocycles. The van der Waals surface area contributed by atoms with E-state index in [0.29, 0.717) is 0 Å². The van der Waals surface area contributed by atoms with Gasteiger partial charge in [0, 0.05) is 6.42 Å². The van der Waals surface area contributed by atoms with Crippen LogP contribution in [0.25, 0.3) is 0 Å². The first-order chi connectivity index (χ1) is 4.31. The van der Waals surface area contributed by atoms with E-state index in [9.17, 15) is 0 Å². The number of allylic oxidation sites excluding steroid dienone is 1. The van der Waals surface area contributed by atoms with Gasteiger partial charge < -0.3 is 5.11 Å². The van der Waals surface area contributed by atoms with Gasteiger partial charge in [0.1, 0.15) is 6.61 Å². The van der Waals surface area contributed by atoms with Gasteiger partial charge in [-0.15, -0.1) is 0 Å². The number of hydrogen-bond donors (Lipinski definition) is 1. The van der Waals surface area contributed by atoms with Crippen molar-refractivity contribution in [3.8, 4) is 11.8 Å². The fraction of sp³-hybridized carbons (Fsp3) is 0.429. The lowest BCUT2D eigenvalue weighted by molar-refractivity contribution is 0.350. The standard InChI is InChI=1S/C7H9IO/c1-7(6-8)4-2-3-5-9/h6,9H,4-5H2,1H3/b7-6+. The number of aliphatic hydroxyl groups is 1. The largest absolute Gasteiger partial charge is 0.384 e. The summed E-state index contributed by atoms with van der Waals surface area (Å²) in [4.78, 5) is 0. The summed E-state index contributed by atoms with van der Waals surface area (Å²) in [5, 5.41) is 8.26. The molecule has 0 aliphatic heterocycles. The average molecular weight is 236 g/mol. The second-order valence-electron chi connectivity index (χ2n) is 1.64. The maximum atomic E-state index is 8.26. The number of hydrogen-bond acceptors (Lipinski definition) is 1. The Kier molecular flexibility index (Phi) is 6.11. The zero-order valence-electron chi connectivity index (χ0n) is 5.32. The van der Waals surface area contributed by atoms with Crippen LogP contribution in [0.3, 0.4) is 0 Å². The second kappa shape index (κ2) is 6.12. The van der Waals surface area contributed by atoms with Gasteiger partial charge in [-0.05, 0) is 11.0 Å². The van der Waals surface area contributed by atoms with Crippen molar-refractivity contribution in [1.82, 2.24) is 0 Å². The van der Waals surface area contributed by atoms with E-state index in [4.69, 9.17) is 5.11 Å². The molecule has 9 heavy (non-hydrogen) atoms. The summed E-state index contributed by atoms with van der Waals surface area (Å²) >= 11 is 2.17. The number of aliphatic hydroxyl groups excluding tert-OH is 1. The highest BCUT2D eigenvalue weighted by atomic mass is 127. The van der Waals surface area contributed by atoms with E-state index in [1.54, 1.807) is 0 Å². The monoisotopic (exact) mass is 236 g/mol. The molecule has 0 atom stereocenters. The van der Waals surface area contributed by atoms with Crippen LogP contribution in [-0.2, 0) is 0 Å². The average Bonchev–Trinajstić information content (AvgIpc) is 1.89. The van der Waals surface area contributed by atoms with Crippen LogP contribution in [0.4, 0.5) is 0 Å². The SMILES string of the molecule is C/C(=C\I)CC#CCO. The molecule has 0 rings (SSSR count). The quantitative estimate of drug-likeness (QED) is 0.542. The molecule has 0 aromatic carbocycles. The third-order valence-corrected chi connectivity index (χ3v) is 1.82. The van der Waals surface area contributed by atoms with E-state index < -0.39 is 0 Å². The Morgan fingerprint density at radius 3 is 2.78 bits per heavy atom. The fourth-order valence-corrected chi connectivity index (χ4v) is 0.517. The molecule has 0 spiro atoms. The van der Waals surface area contributed by atoms with Crippen molar-refractivity contribution in [2.24, 2.45) is 0 Å². The molecule has 0 aliphatic carbocycles. The van der Waals surface area contributed by atoms with Crippen LogP contribution in [0.1, 0.15) is 13.3 Å². The summed E-state index contributed by atoms with van der Waals surface area (Å²) in [6.07, 6.45) is 0.767. The molecular weight excluding hydrogens is 227 g/mol. The summed E-state index contributed by atoms with van der Waals surface area (Å²) in [5.41, 5.74) is 1.23. The summed E-state index contributed by atoms with van der Waals surface area (Å²) < 4.78 is 1.99. The predicted molar refractivity (Wildman–Crippen MR) is 47.3 cm³/mol. The first kappa shape index (κ1) is 8.99. The highest BCUT2D eigenvalue weighted by Crippen LogP contribution is 2.00. The number of halogens is 1. The van der Waals surface area contributed by atoms with E-state index >= 15 is 0 Å². The van der Waals surface area contributed by atoms with Gasteiger partial charge in [0.05, 0.1) is 0 Å². The van der Waals surface area contributed by atoms with Gasteiger partial charge in [0.25, 0.3) is 0 Å². The van der Waals surface area contributed by atoms with Crippen LogP contribution in [0.5, 0.6) is 0 Å². The normalized spacial score (nSPS) is 10.3. The molecule has 1 nitrogen and oxygen atoms in total. The van der Waals surface area contributed by atoms with Gasteiger partial charge in [-0.1, -0.05) is 40.0 Å². The molecular formula is C7H9IO. The zero-order valence-corrected chi connectivity index (χ0v) is 7.47. The summed E-state index contributed by atoms with van der Waals surface area (Å²) in [5.74, 6) is 5.39. The molecule has 0 unspecified atom stereocenters. The van der Waals surface area contributed by atoms with Gasteiger partial charge in [-0.2, -0.15) is 0 Å². The highest BCUT2D eigenvalue weighted by molar-refractivity contribution is 14.1. The molecule has 0 aromatic rings. The van der Waals surface area contributed by atoms with Crippen LogP contribution >= 0.6 is 22.6 Å². The second-order valence-corrected chi connectivity index (χ2v) is 2.27. The Labute approximate surface area is 69.3 Å². The maximum absolute atomic E-state index is 8.26. The Bertz CT molecular complexity index is 150. The van der Waals surface area contributed by atoms with Crippen molar-refractivity contribution >= 4 is 22.6 Å². The zero-order chi connectivity index (χ0) is 7.11. The minimum absolute atomic E-state index is 0.0332. The molecule has 0 bridgehead atoms. The minimum Gasteiger partial charge on any atom is -0.384 e. The van der Waals surface area contributed by atoms with Crippen LogP contribution in [-0.4, -0.2) is 11.7 Å². The first-order valence-corrected chi connectivity index (χ1v) is 3.88. The van der Waals surface area contributed by atoms with Crippen LogP contribution in [0.15, 0.2) is 9.66 Å². The van der Waals surface area contributed by atoms with E-state index in [2.05, 4.69) is 34.4 Å². The smallest absolute Gasteiger partial charge is 0.104 e. The fourth-order valence-electron chi connectivity index (χ4n) is 0.296. The molecule has 0 amide bonds. The molecule has 1 N–H and O–H groups in total. The lowest BCUT2D eigenvalue weighted by atomic mass is 10.2. The first-order valence-electron chi connectivity index (χ1n) is 2.63.